The van der Waals surface area contributed by atoms with Crippen molar-refractivity contribution in [3.63, 3.8) is 0 Å². The molecule has 0 atom stereocenters. The number of hydrogen-bond donors (Lipinski definition) is 1. The molecule has 0 spiro atoms. The molecule has 0 unspecified atom stereocenters. The van der Waals surface area contributed by atoms with Crippen molar-refractivity contribution in [2.75, 3.05) is 39.8 Å². The molecule has 0 amide bonds. The topological polar surface area (TPSA) is 24.5 Å². The van der Waals surface area contributed by atoms with Gasteiger partial charge < -0.3 is 15.0 Å². The van der Waals surface area contributed by atoms with Gasteiger partial charge in [-0.25, -0.2) is 0 Å². The van der Waals surface area contributed by atoms with Gasteiger partial charge in [0.05, 0.1) is 6.10 Å². The minimum atomic E-state index is 0.356. The van der Waals surface area contributed by atoms with E-state index in [2.05, 4.69) is 37.9 Å². The molecule has 0 aliphatic carbocycles. The van der Waals surface area contributed by atoms with Gasteiger partial charge in [0.1, 0.15) is 0 Å². The van der Waals surface area contributed by atoms with Crippen LogP contribution < -0.4 is 5.32 Å². The lowest BCUT2D eigenvalue weighted by Gasteiger charge is -2.37. The third kappa shape index (κ3) is 6.17. The van der Waals surface area contributed by atoms with Crippen molar-refractivity contribution in [2.24, 2.45) is 11.3 Å². The molecule has 0 bridgehead atoms. The van der Waals surface area contributed by atoms with Gasteiger partial charge in [-0.3, -0.25) is 0 Å². The summed E-state index contributed by atoms with van der Waals surface area (Å²) in [5, 5.41) is 3.58. The molecule has 0 aromatic rings. The van der Waals surface area contributed by atoms with E-state index in [4.69, 9.17) is 4.74 Å². The third-order valence-corrected chi connectivity index (χ3v) is 3.68. The Morgan fingerprint density at radius 1 is 1.28 bits per heavy atom. The van der Waals surface area contributed by atoms with Crippen LogP contribution in [-0.4, -0.2) is 50.8 Å². The summed E-state index contributed by atoms with van der Waals surface area (Å²) in [5.41, 5.74) is 0.356. The van der Waals surface area contributed by atoms with Crippen LogP contribution in [0.4, 0.5) is 0 Å². The Morgan fingerprint density at radius 2 is 1.89 bits per heavy atom. The van der Waals surface area contributed by atoms with E-state index in [-0.39, 0.29) is 0 Å². The molecule has 3 heteroatoms. The predicted molar refractivity (Wildman–Crippen MR) is 78.0 cm³/mol. The summed E-state index contributed by atoms with van der Waals surface area (Å²) in [5.74, 6) is 0.734. The number of nitrogens with one attached hydrogen (secondary N) is 1. The average molecular weight is 256 g/mol. The van der Waals surface area contributed by atoms with Gasteiger partial charge >= 0.3 is 0 Å². The van der Waals surface area contributed by atoms with E-state index in [1.165, 1.54) is 32.5 Å². The Bertz CT molecular complexity index is 221. The summed E-state index contributed by atoms with van der Waals surface area (Å²) in [6.07, 6.45) is 2.86. The highest BCUT2D eigenvalue weighted by Gasteiger charge is 2.25. The molecular weight excluding hydrogens is 224 g/mol. The Hall–Kier alpha value is -0.120. The lowest BCUT2D eigenvalue weighted by molar-refractivity contribution is 0.0300. The van der Waals surface area contributed by atoms with Gasteiger partial charge in [-0.1, -0.05) is 27.7 Å². The first-order valence-electron chi connectivity index (χ1n) is 7.39. The highest BCUT2D eigenvalue weighted by atomic mass is 16.5. The summed E-state index contributed by atoms with van der Waals surface area (Å²) in [6, 6.07) is 0. The molecule has 1 aliphatic rings. The van der Waals surface area contributed by atoms with Crippen molar-refractivity contribution in [1.29, 1.82) is 0 Å². The molecule has 18 heavy (non-hydrogen) atoms. The minimum Gasteiger partial charge on any atom is -0.381 e. The predicted octanol–water partition coefficient (Wildman–Crippen LogP) is 2.37. The number of ether oxygens (including phenoxy) is 1. The van der Waals surface area contributed by atoms with Gasteiger partial charge in [0.25, 0.3) is 0 Å². The number of piperidine rings is 1. The first-order valence-corrected chi connectivity index (χ1v) is 7.39. The fourth-order valence-electron chi connectivity index (χ4n) is 2.66. The fraction of sp³-hybridized carbons (Fsp3) is 1.00. The molecule has 3 nitrogen and oxygen atoms in total. The smallest absolute Gasteiger partial charge is 0.0595 e. The van der Waals surface area contributed by atoms with E-state index in [0.717, 1.165) is 19.0 Å². The van der Waals surface area contributed by atoms with Crippen LogP contribution in [0, 0.1) is 11.3 Å². The normalized spacial score (nSPS) is 19.7. The summed E-state index contributed by atoms with van der Waals surface area (Å²) in [7, 11) is 1.83. The zero-order valence-electron chi connectivity index (χ0n) is 13.0. The van der Waals surface area contributed by atoms with Crippen molar-refractivity contribution < 1.29 is 4.74 Å². The van der Waals surface area contributed by atoms with Crippen molar-refractivity contribution >= 4 is 0 Å². The Labute approximate surface area is 113 Å². The van der Waals surface area contributed by atoms with Crippen LogP contribution in [0.3, 0.4) is 0 Å². The van der Waals surface area contributed by atoms with E-state index in [1.54, 1.807) is 0 Å². The third-order valence-electron chi connectivity index (χ3n) is 3.68. The average Bonchev–Trinajstić information content (AvgIpc) is 2.28. The Morgan fingerprint density at radius 3 is 2.39 bits per heavy atom. The first-order chi connectivity index (χ1) is 8.43. The first kappa shape index (κ1) is 15.9. The number of nitrogens with zero attached hydrogens (tertiary/aromatic N) is 1. The van der Waals surface area contributed by atoms with E-state index >= 15 is 0 Å². The second kappa shape index (κ2) is 7.46. The summed E-state index contributed by atoms with van der Waals surface area (Å²) >= 11 is 0. The number of rotatable bonds is 7. The van der Waals surface area contributed by atoms with Crippen LogP contribution in [0.5, 0.6) is 0 Å². The van der Waals surface area contributed by atoms with Gasteiger partial charge in [0.15, 0.2) is 0 Å². The molecule has 1 fully saturated rings. The van der Waals surface area contributed by atoms with Crippen LogP contribution in [0.2, 0.25) is 0 Å². The molecule has 0 radical (unpaired) electrons. The molecule has 1 rings (SSSR count). The minimum absolute atomic E-state index is 0.356. The van der Waals surface area contributed by atoms with E-state index in [9.17, 15) is 0 Å². The molecule has 1 aliphatic heterocycles. The maximum Gasteiger partial charge on any atom is 0.0595 e. The SMILES string of the molecule is COC1CCN(CC(C)(C)CNCC(C)C)CC1. The highest BCUT2D eigenvalue weighted by molar-refractivity contribution is 4.80. The molecule has 108 valence electrons. The second-order valence-corrected chi connectivity index (χ2v) is 6.90. The van der Waals surface area contributed by atoms with Gasteiger partial charge in [-0.2, -0.15) is 0 Å². The van der Waals surface area contributed by atoms with Gasteiger partial charge in [-0.15, -0.1) is 0 Å². The van der Waals surface area contributed by atoms with Crippen molar-refractivity contribution in [3.05, 3.63) is 0 Å². The molecule has 1 saturated heterocycles. The molecule has 1 heterocycles. The van der Waals surface area contributed by atoms with Crippen LogP contribution in [0.1, 0.15) is 40.5 Å². The Balaban J connectivity index is 2.23. The maximum absolute atomic E-state index is 5.42. The largest absolute Gasteiger partial charge is 0.381 e. The van der Waals surface area contributed by atoms with E-state index in [1.807, 2.05) is 7.11 Å². The molecular formula is C15H32N2O. The zero-order valence-corrected chi connectivity index (χ0v) is 13.0. The number of hydrogen-bond acceptors (Lipinski definition) is 3. The van der Waals surface area contributed by atoms with Crippen LogP contribution in [0.25, 0.3) is 0 Å². The van der Waals surface area contributed by atoms with Crippen molar-refractivity contribution in [1.82, 2.24) is 10.2 Å². The fourth-order valence-corrected chi connectivity index (χ4v) is 2.66. The Kier molecular flexibility index (Phi) is 6.61. The van der Waals surface area contributed by atoms with Crippen molar-refractivity contribution in [3.8, 4) is 0 Å². The quantitative estimate of drug-likeness (QED) is 0.757. The van der Waals surface area contributed by atoms with Gasteiger partial charge in [0.2, 0.25) is 0 Å². The summed E-state index contributed by atoms with van der Waals surface area (Å²) < 4.78 is 5.42. The molecule has 0 saturated carbocycles. The standard InChI is InChI=1S/C15H32N2O/c1-13(2)10-16-11-15(3,4)12-17-8-6-14(18-5)7-9-17/h13-14,16H,6-12H2,1-5H3. The molecule has 0 aromatic carbocycles. The van der Waals surface area contributed by atoms with Crippen molar-refractivity contribution in [2.45, 2.75) is 46.6 Å². The lowest BCUT2D eigenvalue weighted by atomic mass is 9.91. The van der Waals surface area contributed by atoms with Crippen LogP contribution in [-0.2, 0) is 4.74 Å². The highest BCUT2D eigenvalue weighted by Crippen LogP contribution is 2.20. The van der Waals surface area contributed by atoms with Crippen LogP contribution in [0.15, 0.2) is 0 Å². The van der Waals surface area contributed by atoms with E-state index in [0.29, 0.717) is 11.5 Å². The zero-order chi connectivity index (χ0) is 13.6. The second-order valence-electron chi connectivity index (χ2n) is 6.90. The monoisotopic (exact) mass is 256 g/mol. The summed E-state index contributed by atoms with van der Waals surface area (Å²) in [4.78, 5) is 2.59. The van der Waals surface area contributed by atoms with E-state index < -0.39 is 0 Å². The number of methoxy groups -OCH3 is 1. The molecule has 1 N–H and O–H groups in total. The molecule has 0 aromatic heterocycles. The van der Waals surface area contributed by atoms with Gasteiger partial charge in [0, 0.05) is 33.3 Å². The maximum atomic E-state index is 5.42. The summed E-state index contributed by atoms with van der Waals surface area (Å²) in [6.45, 7) is 15.0. The van der Waals surface area contributed by atoms with Crippen LogP contribution >= 0.6 is 0 Å². The number of likely N-dealkylation sites (tertiary alicyclic amines) is 1. The lowest BCUT2D eigenvalue weighted by Crippen LogP contribution is -2.45. The van der Waals surface area contributed by atoms with Gasteiger partial charge in [-0.05, 0) is 30.7 Å².